The molecule has 2 saturated heterocycles. The summed E-state index contributed by atoms with van der Waals surface area (Å²) in [7, 11) is 0. The van der Waals surface area contributed by atoms with Crippen molar-refractivity contribution in [2.45, 2.75) is 32.2 Å². The fourth-order valence-corrected chi connectivity index (χ4v) is 3.85. The van der Waals surface area contributed by atoms with Crippen molar-refractivity contribution in [1.82, 2.24) is 14.8 Å². The second-order valence-electron chi connectivity index (χ2n) is 7.48. The third kappa shape index (κ3) is 3.83. The van der Waals surface area contributed by atoms with E-state index < -0.39 is 4.92 Å². The van der Waals surface area contributed by atoms with E-state index in [9.17, 15) is 19.7 Å². The van der Waals surface area contributed by atoms with Gasteiger partial charge in [0.2, 0.25) is 5.91 Å². The van der Waals surface area contributed by atoms with Crippen LogP contribution in [0.25, 0.3) is 0 Å². The fraction of sp³-hybridized carbons (Fsp3) is 0.381. The topological polar surface area (TPSA) is 106 Å². The van der Waals surface area contributed by atoms with E-state index in [0.717, 1.165) is 25.9 Å². The molecule has 0 aliphatic carbocycles. The number of hydrogen-bond acceptors (Lipinski definition) is 6. The average molecular weight is 410 g/mol. The van der Waals surface area contributed by atoms with Crippen LogP contribution >= 0.6 is 0 Å². The van der Waals surface area contributed by atoms with Gasteiger partial charge in [-0.1, -0.05) is 0 Å². The second kappa shape index (κ2) is 8.10. The minimum Gasteiger partial charge on any atom is -0.455 e. The Kier molecular flexibility index (Phi) is 5.35. The van der Waals surface area contributed by atoms with Crippen LogP contribution in [0.4, 0.5) is 5.69 Å². The predicted octanol–water partition coefficient (Wildman–Crippen LogP) is 3.31. The normalized spacial score (nSPS) is 18.1. The van der Waals surface area contributed by atoms with Gasteiger partial charge < -0.3 is 14.5 Å². The maximum absolute atomic E-state index is 12.2. The maximum atomic E-state index is 12.2. The average Bonchev–Trinajstić information content (AvgIpc) is 3.17. The number of aromatic nitrogens is 1. The van der Waals surface area contributed by atoms with E-state index in [0.29, 0.717) is 35.7 Å². The van der Waals surface area contributed by atoms with Crippen molar-refractivity contribution in [2.24, 2.45) is 0 Å². The Morgan fingerprint density at radius 3 is 2.57 bits per heavy atom. The van der Waals surface area contributed by atoms with Gasteiger partial charge in [-0.05, 0) is 37.5 Å². The molecule has 1 atom stereocenters. The highest BCUT2D eigenvalue weighted by Crippen LogP contribution is 2.40. The summed E-state index contributed by atoms with van der Waals surface area (Å²) in [5.74, 6) is 0.664. The van der Waals surface area contributed by atoms with Gasteiger partial charge in [0.1, 0.15) is 17.2 Å². The Hall–Kier alpha value is -3.49. The van der Waals surface area contributed by atoms with E-state index in [1.54, 1.807) is 28.0 Å². The van der Waals surface area contributed by atoms with Crippen LogP contribution in [-0.2, 0) is 4.79 Å². The largest absolute Gasteiger partial charge is 0.455 e. The molecule has 3 heterocycles. The second-order valence-corrected chi connectivity index (χ2v) is 7.48. The molecule has 1 aromatic heterocycles. The van der Waals surface area contributed by atoms with Crippen molar-refractivity contribution in [2.75, 3.05) is 19.6 Å². The number of pyridine rings is 1. The third-order valence-electron chi connectivity index (χ3n) is 5.55. The monoisotopic (exact) mass is 410 g/mol. The zero-order valence-corrected chi connectivity index (χ0v) is 16.6. The first-order valence-electron chi connectivity index (χ1n) is 9.93. The quantitative estimate of drug-likeness (QED) is 0.553. The molecule has 0 bridgehead atoms. The minimum absolute atomic E-state index is 0.0543. The molecule has 0 saturated carbocycles. The van der Waals surface area contributed by atoms with Gasteiger partial charge in [-0.2, -0.15) is 0 Å². The van der Waals surface area contributed by atoms with Gasteiger partial charge in [0, 0.05) is 44.3 Å². The SMILES string of the molecule is CC(=O)N1CCCC1c1cc([N+](=O)[O-])ccc1Oc1ccc(C(=O)N2CCC2)nc1. The molecule has 2 amide bonds. The highest BCUT2D eigenvalue weighted by molar-refractivity contribution is 5.92. The highest BCUT2D eigenvalue weighted by atomic mass is 16.6. The van der Waals surface area contributed by atoms with Gasteiger partial charge >= 0.3 is 0 Å². The fourth-order valence-electron chi connectivity index (χ4n) is 3.85. The molecule has 1 aromatic carbocycles. The molecule has 0 N–H and O–H groups in total. The predicted molar refractivity (Wildman–Crippen MR) is 107 cm³/mol. The number of ether oxygens (including phenoxy) is 1. The lowest BCUT2D eigenvalue weighted by molar-refractivity contribution is -0.385. The smallest absolute Gasteiger partial charge is 0.272 e. The number of nitro benzene ring substituents is 1. The summed E-state index contributed by atoms with van der Waals surface area (Å²) in [5, 5.41) is 11.3. The van der Waals surface area contributed by atoms with Gasteiger partial charge in [0.25, 0.3) is 11.6 Å². The van der Waals surface area contributed by atoms with Gasteiger partial charge in [-0.15, -0.1) is 0 Å². The molecule has 2 aliphatic heterocycles. The van der Waals surface area contributed by atoms with Crippen molar-refractivity contribution < 1.29 is 19.2 Å². The molecule has 9 heteroatoms. The van der Waals surface area contributed by atoms with Crippen LogP contribution in [0, 0.1) is 10.1 Å². The summed E-state index contributed by atoms with van der Waals surface area (Å²) in [6.45, 7) is 3.60. The van der Waals surface area contributed by atoms with Crippen LogP contribution < -0.4 is 4.74 Å². The number of non-ortho nitro benzene ring substituents is 1. The zero-order valence-electron chi connectivity index (χ0n) is 16.6. The minimum atomic E-state index is -0.460. The van der Waals surface area contributed by atoms with E-state index in [1.165, 1.54) is 25.3 Å². The molecule has 156 valence electrons. The number of nitrogens with zero attached hydrogens (tertiary/aromatic N) is 4. The van der Waals surface area contributed by atoms with Gasteiger partial charge in [-0.25, -0.2) is 4.98 Å². The van der Waals surface area contributed by atoms with Crippen LogP contribution in [0.15, 0.2) is 36.5 Å². The molecule has 2 fully saturated rings. The number of amides is 2. The van der Waals surface area contributed by atoms with Crippen molar-refractivity contribution in [3.8, 4) is 11.5 Å². The first kappa shape index (κ1) is 19.8. The lowest BCUT2D eigenvalue weighted by Crippen LogP contribution is -2.42. The molecular weight excluding hydrogens is 388 g/mol. The van der Waals surface area contributed by atoms with Crippen LogP contribution in [0.1, 0.15) is 48.3 Å². The standard InChI is InChI=1S/C21H22N4O5/c1-14(26)24-11-2-4-19(24)17-12-15(25(28)29)5-8-20(17)30-16-6-7-18(22-13-16)21(27)23-9-3-10-23/h5-8,12-13,19H,2-4,9-11H2,1H3. The maximum Gasteiger partial charge on any atom is 0.272 e. The number of carbonyl (C=O) groups excluding carboxylic acids is 2. The molecule has 0 radical (unpaired) electrons. The van der Waals surface area contributed by atoms with E-state index in [-0.39, 0.29) is 23.5 Å². The Morgan fingerprint density at radius 2 is 1.97 bits per heavy atom. The molecule has 2 aromatic rings. The van der Waals surface area contributed by atoms with Gasteiger partial charge in [0.15, 0.2) is 0 Å². The number of nitro groups is 1. The first-order valence-corrected chi connectivity index (χ1v) is 9.93. The number of benzene rings is 1. The Labute approximate surface area is 173 Å². The molecular formula is C21H22N4O5. The van der Waals surface area contributed by atoms with Crippen molar-refractivity contribution in [3.63, 3.8) is 0 Å². The number of carbonyl (C=O) groups is 2. The number of hydrogen-bond donors (Lipinski definition) is 0. The zero-order chi connectivity index (χ0) is 21.3. The van der Waals surface area contributed by atoms with E-state index in [4.69, 9.17) is 4.74 Å². The molecule has 0 spiro atoms. The number of likely N-dealkylation sites (tertiary alicyclic amines) is 2. The summed E-state index contributed by atoms with van der Waals surface area (Å²) < 4.78 is 5.97. The summed E-state index contributed by atoms with van der Waals surface area (Å²) in [5.41, 5.74) is 0.892. The van der Waals surface area contributed by atoms with Crippen LogP contribution in [-0.4, -0.2) is 51.2 Å². The molecule has 9 nitrogen and oxygen atoms in total. The van der Waals surface area contributed by atoms with Gasteiger partial charge in [-0.3, -0.25) is 19.7 Å². The summed E-state index contributed by atoms with van der Waals surface area (Å²) in [6, 6.07) is 7.37. The lowest BCUT2D eigenvalue weighted by Gasteiger charge is -2.30. The lowest BCUT2D eigenvalue weighted by atomic mass is 10.0. The van der Waals surface area contributed by atoms with E-state index in [2.05, 4.69) is 4.98 Å². The van der Waals surface area contributed by atoms with Crippen molar-refractivity contribution in [3.05, 3.63) is 57.9 Å². The third-order valence-corrected chi connectivity index (χ3v) is 5.55. The Balaban J connectivity index is 1.61. The summed E-state index contributed by atoms with van der Waals surface area (Å²) >= 11 is 0. The van der Waals surface area contributed by atoms with Crippen molar-refractivity contribution >= 4 is 17.5 Å². The van der Waals surface area contributed by atoms with Crippen LogP contribution in [0.3, 0.4) is 0 Å². The summed E-state index contributed by atoms with van der Waals surface area (Å²) in [6.07, 6.45) is 4.00. The van der Waals surface area contributed by atoms with E-state index >= 15 is 0 Å². The van der Waals surface area contributed by atoms with E-state index in [1.807, 2.05) is 0 Å². The van der Waals surface area contributed by atoms with Crippen LogP contribution in [0.5, 0.6) is 11.5 Å². The number of rotatable bonds is 5. The highest BCUT2D eigenvalue weighted by Gasteiger charge is 2.31. The Morgan fingerprint density at radius 1 is 1.17 bits per heavy atom. The molecule has 2 aliphatic rings. The molecule has 4 rings (SSSR count). The van der Waals surface area contributed by atoms with Gasteiger partial charge in [0.05, 0.1) is 17.2 Å². The summed E-state index contributed by atoms with van der Waals surface area (Å²) in [4.78, 5) is 42.7. The Bertz CT molecular complexity index is 987. The van der Waals surface area contributed by atoms with Crippen LogP contribution in [0.2, 0.25) is 0 Å². The first-order chi connectivity index (χ1) is 14.4. The van der Waals surface area contributed by atoms with Crippen molar-refractivity contribution in [1.29, 1.82) is 0 Å². The molecule has 1 unspecified atom stereocenters. The molecule has 30 heavy (non-hydrogen) atoms.